The molecule has 1 unspecified atom stereocenters. The number of carbonyl (C=O) groups is 2. The van der Waals surface area contributed by atoms with Gasteiger partial charge >= 0.3 is 12.1 Å². The second kappa shape index (κ2) is 5.18. The Labute approximate surface area is 96.2 Å². The van der Waals surface area contributed by atoms with Gasteiger partial charge in [-0.2, -0.15) is 0 Å². The van der Waals surface area contributed by atoms with E-state index < -0.39 is 23.2 Å². The van der Waals surface area contributed by atoms with Gasteiger partial charge in [0.05, 0.1) is 12.0 Å². The highest BCUT2D eigenvalue weighted by atomic mass is 16.6. The Morgan fingerprint density at radius 1 is 1.25 bits per heavy atom. The number of ether oxygens (including phenoxy) is 1. The number of hydrogen-bond acceptors (Lipinski definition) is 3. The lowest BCUT2D eigenvalue weighted by Crippen LogP contribution is -2.48. The molecule has 0 aromatic rings. The van der Waals surface area contributed by atoms with Crippen molar-refractivity contribution < 1.29 is 19.4 Å². The molecule has 1 amide bonds. The molecule has 0 aliphatic carbocycles. The van der Waals surface area contributed by atoms with Crippen molar-refractivity contribution in [1.82, 2.24) is 5.32 Å². The number of hydrogen-bond donors (Lipinski definition) is 2. The lowest BCUT2D eigenvalue weighted by Gasteiger charge is -2.29. The number of rotatable bonds is 4. The molecule has 16 heavy (non-hydrogen) atoms. The summed E-state index contributed by atoms with van der Waals surface area (Å²) in [5.41, 5.74) is -1.35. The molecule has 2 N–H and O–H groups in total. The summed E-state index contributed by atoms with van der Waals surface area (Å²) in [6.45, 7) is 8.78. The fourth-order valence-electron chi connectivity index (χ4n) is 1.14. The van der Waals surface area contributed by atoms with Crippen LogP contribution in [-0.4, -0.2) is 28.3 Å². The number of amides is 1. The van der Waals surface area contributed by atoms with Crippen molar-refractivity contribution in [2.24, 2.45) is 0 Å². The smallest absolute Gasteiger partial charge is 0.408 e. The van der Waals surface area contributed by atoms with E-state index in [4.69, 9.17) is 9.84 Å². The maximum absolute atomic E-state index is 11.5. The predicted octanol–water partition coefficient (Wildman–Crippen LogP) is 2.15. The molecule has 5 heteroatoms. The lowest BCUT2D eigenvalue weighted by molar-refractivity contribution is -0.138. The van der Waals surface area contributed by atoms with Crippen LogP contribution in [-0.2, 0) is 9.53 Å². The summed E-state index contributed by atoms with van der Waals surface area (Å²) in [5.74, 6) is -0.944. The van der Waals surface area contributed by atoms with Crippen molar-refractivity contribution in [3.63, 3.8) is 0 Å². The van der Waals surface area contributed by atoms with Crippen LogP contribution in [0.3, 0.4) is 0 Å². The van der Waals surface area contributed by atoms with Gasteiger partial charge < -0.3 is 15.2 Å². The van der Waals surface area contributed by atoms with E-state index in [0.717, 1.165) is 0 Å². The van der Waals surface area contributed by atoms with E-state index >= 15 is 0 Å². The number of carboxylic acid groups (broad SMARTS) is 1. The van der Waals surface area contributed by atoms with Gasteiger partial charge in [0.1, 0.15) is 5.60 Å². The van der Waals surface area contributed by atoms with E-state index in [1.54, 1.807) is 27.7 Å². The van der Waals surface area contributed by atoms with Crippen molar-refractivity contribution in [3.8, 4) is 0 Å². The van der Waals surface area contributed by atoms with E-state index in [9.17, 15) is 9.59 Å². The molecule has 1 atom stereocenters. The molecule has 0 aromatic carbocycles. The van der Waals surface area contributed by atoms with E-state index in [1.807, 2.05) is 6.92 Å². The number of carboxylic acids is 1. The largest absolute Gasteiger partial charge is 0.481 e. The van der Waals surface area contributed by atoms with Crippen molar-refractivity contribution in [2.75, 3.05) is 0 Å². The monoisotopic (exact) mass is 231 g/mol. The fourth-order valence-corrected chi connectivity index (χ4v) is 1.14. The van der Waals surface area contributed by atoms with Gasteiger partial charge in [-0.1, -0.05) is 6.92 Å². The second-order valence-corrected chi connectivity index (χ2v) is 5.11. The summed E-state index contributed by atoms with van der Waals surface area (Å²) in [4.78, 5) is 22.1. The third kappa shape index (κ3) is 6.27. The average molecular weight is 231 g/mol. The molecule has 0 rings (SSSR count). The third-order valence-electron chi connectivity index (χ3n) is 2.12. The maximum atomic E-state index is 11.5. The number of aliphatic carboxylic acids is 1. The molecule has 0 radical (unpaired) electrons. The van der Waals surface area contributed by atoms with Crippen molar-refractivity contribution in [1.29, 1.82) is 0 Å². The minimum atomic E-state index is -0.944. The van der Waals surface area contributed by atoms with Crippen LogP contribution in [0.2, 0.25) is 0 Å². The first-order valence-corrected chi connectivity index (χ1v) is 5.31. The number of alkyl carbamates (subject to hydrolysis) is 1. The SMILES string of the molecule is CCC(C)(CC(=O)O)NC(=O)OC(C)(C)C. The average Bonchev–Trinajstić information content (AvgIpc) is 1.98. The van der Waals surface area contributed by atoms with E-state index in [2.05, 4.69) is 5.32 Å². The van der Waals surface area contributed by atoms with Gasteiger partial charge in [0.25, 0.3) is 0 Å². The number of carbonyl (C=O) groups excluding carboxylic acids is 1. The molecule has 0 saturated heterocycles. The van der Waals surface area contributed by atoms with Gasteiger partial charge in [0.15, 0.2) is 0 Å². The van der Waals surface area contributed by atoms with Crippen LogP contribution >= 0.6 is 0 Å². The van der Waals surface area contributed by atoms with Crippen LogP contribution in [0, 0.1) is 0 Å². The molecule has 0 aliphatic heterocycles. The van der Waals surface area contributed by atoms with E-state index in [1.165, 1.54) is 0 Å². The van der Waals surface area contributed by atoms with Crippen molar-refractivity contribution in [2.45, 2.75) is 58.6 Å². The summed E-state index contributed by atoms with van der Waals surface area (Å²) >= 11 is 0. The van der Waals surface area contributed by atoms with Crippen molar-refractivity contribution in [3.05, 3.63) is 0 Å². The van der Waals surface area contributed by atoms with Gasteiger partial charge in [-0.3, -0.25) is 4.79 Å². The molecule has 0 saturated carbocycles. The van der Waals surface area contributed by atoms with Gasteiger partial charge in [0, 0.05) is 0 Å². The normalized spacial score (nSPS) is 15.1. The quantitative estimate of drug-likeness (QED) is 0.777. The molecule has 0 heterocycles. The van der Waals surface area contributed by atoms with Crippen molar-refractivity contribution >= 4 is 12.1 Å². The van der Waals surface area contributed by atoms with Crippen LogP contribution in [0.1, 0.15) is 47.5 Å². The molecule has 0 aliphatic rings. The van der Waals surface area contributed by atoms with Crippen LogP contribution in [0.15, 0.2) is 0 Å². The number of nitrogens with one attached hydrogen (secondary N) is 1. The van der Waals surface area contributed by atoms with Gasteiger partial charge in [0.2, 0.25) is 0 Å². The highest BCUT2D eigenvalue weighted by Gasteiger charge is 2.29. The Bertz CT molecular complexity index is 270. The van der Waals surface area contributed by atoms with E-state index in [0.29, 0.717) is 6.42 Å². The van der Waals surface area contributed by atoms with Crippen LogP contribution in [0.25, 0.3) is 0 Å². The summed E-state index contributed by atoms with van der Waals surface area (Å²) < 4.78 is 5.07. The summed E-state index contributed by atoms with van der Waals surface area (Å²) in [6.07, 6.45) is -0.181. The standard InChI is InChI=1S/C11H21NO4/c1-6-11(5,7-8(13)14)12-9(15)16-10(2,3)4/h6-7H2,1-5H3,(H,12,15)(H,13,14). The van der Waals surface area contributed by atoms with Gasteiger partial charge in [-0.15, -0.1) is 0 Å². The van der Waals surface area contributed by atoms with Gasteiger partial charge in [-0.05, 0) is 34.1 Å². The maximum Gasteiger partial charge on any atom is 0.408 e. The molecule has 0 spiro atoms. The zero-order chi connectivity index (χ0) is 13.0. The van der Waals surface area contributed by atoms with Crippen LogP contribution < -0.4 is 5.32 Å². The van der Waals surface area contributed by atoms with Crippen LogP contribution in [0.4, 0.5) is 4.79 Å². The van der Waals surface area contributed by atoms with E-state index in [-0.39, 0.29) is 6.42 Å². The highest BCUT2D eigenvalue weighted by molar-refractivity contribution is 5.72. The summed E-state index contributed by atoms with van der Waals surface area (Å²) in [7, 11) is 0. The Hall–Kier alpha value is -1.26. The Kier molecular flexibility index (Phi) is 4.78. The molecular weight excluding hydrogens is 210 g/mol. The predicted molar refractivity (Wildman–Crippen MR) is 60.3 cm³/mol. The fraction of sp³-hybridized carbons (Fsp3) is 0.818. The zero-order valence-electron chi connectivity index (χ0n) is 10.6. The summed E-state index contributed by atoms with van der Waals surface area (Å²) in [5, 5.41) is 11.3. The lowest BCUT2D eigenvalue weighted by atomic mass is 9.95. The minimum absolute atomic E-state index is 0.122. The Morgan fingerprint density at radius 3 is 2.06 bits per heavy atom. The first-order chi connectivity index (χ1) is 7.08. The molecule has 0 bridgehead atoms. The molecule has 0 aromatic heterocycles. The van der Waals surface area contributed by atoms with Crippen LogP contribution in [0.5, 0.6) is 0 Å². The zero-order valence-corrected chi connectivity index (χ0v) is 10.6. The molecule has 5 nitrogen and oxygen atoms in total. The summed E-state index contributed by atoms with van der Waals surface area (Å²) in [6, 6.07) is 0. The Morgan fingerprint density at radius 2 is 1.75 bits per heavy atom. The third-order valence-corrected chi connectivity index (χ3v) is 2.12. The molecule has 0 fully saturated rings. The second-order valence-electron chi connectivity index (χ2n) is 5.11. The molecule has 94 valence electrons. The first kappa shape index (κ1) is 14.7. The topological polar surface area (TPSA) is 75.6 Å². The first-order valence-electron chi connectivity index (χ1n) is 5.31. The molecular formula is C11H21NO4. The Balaban J connectivity index is 4.42. The minimum Gasteiger partial charge on any atom is -0.481 e. The highest BCUT2D eigenvalue weighted by Crippen LogP contribution is 2.16. The van der Waals surface area contributed by atoms with Gasteiger partial charge in [-0.25, -0.2) is 4.79 Å².